The highest BCUT2D eigenvalue weighted by molar-refractivity contribution is 7.89. The molecule has 206 valence electrons. The van der Waals surface area contributed by atoms with Crippen molar-refractivity contribution in [3.05, 3.63) is 65.2 Å². The summed E-state index contributed by atoms with van der Waals surface area (Å²) in [6, 6.07) is 8.38. The number of ether oxygens (including phenoxy) is 1. The van der Waals surface area contributed by atoms with Crippen LogP contribution in [0.5, 0.6) is 0 Å². The van der Waals surface area contributed by atoms with E-state index in [-0.39, 0.29) is 17.4 Å². The predicted octanol–water partition coefficient (Wildman–Crippen LogP) is 4.93. The van der Waals surface area contributed by atoms with Gasteiger partial charge in [-0.15, -0.1) is 0 Å². The van der Waals surface area contributed by atoms with Crippen molar-refractivity contribution in [2.45, 2.75) is 74.4 Å². The van der Waals surface area contributed by atoms with Crippen LogP contribution in [0, 0.1) is 24.5 Å². The van der Waals surface area contributed by atoms with Crippen molar-refractivity contribution >= 4 is 16.1 Å². The number of piperidine rings is 2. The Labute approximate surface area is 222 Å². The number of halogens is 2. The molecule has 2 aliphatic heterocycles. The van der Waals surface area contributed by atoms with Crippen LogP contribution in [0.4, 0.5) is 13.6 Å². The minimum atomic E-state index is -4.24. The lowest BCUT2D eigenvalue weighted by atomic mass is 9.90. The number of rotatable bonds is 6. The maximum absolute atomic E-state index is 14.5. The molecule has 0 spiro atoms. The van der Waals surface area contributed by atoms with E-state index in [9.17, 15) is 27.1 Å². The van der Waals surface area contributed by atoms with Crippen molar-refractivity contribution in [1.29, 1.82) is 0 Å². The van der Waals surface area contributed by atoms with Crippen LogP contribution in [0.3, 0.4) is 0 Å². The minimum absolute atomic E-state index is 0.0861. The van der Waals surface area contributed by atoms with Crippen LogP contribution in [-0.2, 0) is 14.8 Å². The van der Waals surface area contributed by atoms with Crippen molar-refractivity contribution in [1.82, 2.24) is 9.21 Å². The molecular weight excluding hydrogens is 514 g/mol. The van der Waals surface area contributed by atoms with Gasteiger partial charge in [0.25, 0.3) is 0 Å². The number of aliphatic hydroxyl groups is 1. The normalized spacial score (nSPS) is 24.3. The Morgan fingerprint density at radius 1 is 1.08 bits per heavy atom. The summed E-state index contributed by atoms with van der Waals surface area (Å²) in [5.74, 6) is -0.933. The molecule has 1 saturated carbocycles. The maximum Gasteiger partial charge on any atom is 0.410 e. The van der Waals surface area contributed by atoms with E-state index in [0.717, 1.165) is 6.07 Å². The third-order valence-corrected chi connectivity index (χ3v) is 10.2. The van der Waals surface area contributed by atoms with Crippen molar-refractivity contribution in [2.24, 2.45) is 5.92 Å². The molecule has 0 radical (unpaired) electrons. The Morgan fingerprint density at radius 3 is 2.45 bits per heavy atom. The van der Waals surface area contributed by atoms with Gasteiger partial charge in [0, 0.05) is 19.7 Å². The molecule has 0 bridgehead atoms. The SMILES string of the molecule is Cc1ccc(S(=O)(=O)N2[C@H](c3cccc(F)c3)CCC[C@@H]2C2(OC(=O)N3CCC(CO)CC3)CC2)cc1F. The summed E-state index contributed by atoms with van der Waals surface area (Å²) in [5.41, 5.74) is -0.148. The summed E-state index contributed by atoms with van der Waals surface area (Å²) in [6.07, 6.45) is 3.52. The Balaban J connectivity index is 1.49. The summed E-state index contributed by atoms with van der Waals surface area (Å²) in [4.78, 5) is 14.6. The van der Waals surface area contributed by atoms with Crippen molar-refractivity contribution < 1.29 is 31.8 Å². The summed E-state index contributed by atoms with van der Waals surface area (Å²) in [5, 5.41) is 9.41. The van der Waals surface area contributed by atoms with Gasteiger partial charge in [0.05, 0.1) is 17.0 Å². The number of hydrogen-bond acceptors (Lipinski definition) is 5. The van der Waals surface area contributed by atoms with E-state index >= 15 is 0 Å². The summed E-state index contributed by atoms with van der Waals surface area (Å²) in [6.45, 7) is 2.60. The molecule has 38 heavy (non-hydrogen) atoms. The van der Waals surface area contributed by atoms with Gasteiger partial charge in [-0.25, -0.2) is 22.0 Å². The zero-order valence-electron chi connectivity index (χ0n) is 21.5. The van der Waals surface area contributed by atoms with Crippen LogP contribution in [-0.4, -0.2) is 60.2 Å². The number of aryl methyl sites for hydroxylation is 1. The Bertz CT molecular complexity index is 1290. The van der Waals surface area contributed by atoms with Crippen LogP contribution in [0.15, 0.2) is 47.4 Å². The number of aliphatic hydroxyl groups excluding tert-OH is 1. The van der Waals surface area contributed by atoms with E-state index in [0.29, 0.717) is 69.2 Å². The van der Waals surface area contributed by atoms with Crippen molar-refractivity contribution in [3.63, 3.8) is 0 Å². The fourth-order valence-corrected chi connectivity index (χ4v) is 7.78. The van der Waals surface area contributed by atoms with Crippen LogP contribution in [0.25, 0.3) is 0 Å². The topological polar surface area (TPSA) is 87.2 Å². The molecule has 3 fully saturated rings. The molecule has 0 unspecified atom stereocenters. The molecule has 1 aliphatic carbocycles. The van der Waals surface area contributed by atoms with Crippen LogP contribution >= 0.6 is 0 Å². The molecule has 5 rings (SSSR count). The lowest BCUT2D eigenvalue weighted by Gasteiger charge is -2.45. The van der Waals surface area contributed by atoms with Gasteiger partial charge in [-0.3, -0.25) is 0 Å². The molecule has 10 heteroatoms. The number of sulfonamides is 1. The molecule has 1 N–H and O–H groups in total. The van der Waals surface area contributed by atoms with Gasteiger partial charge < -0.3 is 14.7 Å². The van der Waals surface area contributed by atoms with E-state index in [4.69, 9.17) is 4.74 Å². The average molecular weight is 549 g/mol. The molecule has 2 aromatic rings. The highest BCUT2D eigenvalue weighted by atomic mass is 32.2. The van der Waals surface area contributed by atoms with Gasteiger partial charge in [0.15, 0.2) is 0 Å². The monoisotopic (exact) mass is 548 g/mol. The van der Waals surface area contributed by atoms with E-state index in [1.807, 2.05) is 0 Å². The van der Waals surface area contributed by atoms with Gasteiger partial charge in [-0.2, -0.15) is 4.31 Å². The number of carbonyl (C=O) groups excluding carboxylic acids is 1. The Hall–Kier alpha value is -2.56. The highest BCUT2D eigenvalue weighted by Gasteiger charge is 2.60. The molecule has 1 amide bonds. The second-order valence-corrected chi connectivity index (χ2v) is 12.7. The van der Waals surface area contributed by atoms with Crippen molar-refractivity contribution in [2.75, 3.05) is 19.7 Å². The number of likely N-dealkylation sites (tertiary alicyclic amines) is 1. The largest absolute Gasteiger partial charge is 0.441 e. The van der Waals surface area contributed by atoms with Crippen LogP contribution < -0.4 is 0 Å². The quantitative estimate of drug-likeness (QED) is 0.553. The van der Waals surface area contributed by atoms with Gasteiger partial charge in [-0.1, -0.05) is 18.2 Å². The minimum Gasteiger partial charge on any atom is -0.441 e. The average Bonchev–Trinajstić information content (AvgIpc) is 3.70. The zero-order chi connectivity index (χ0) is 27.1. The third-order valence-electron chi connectivity index (χ3n) is 8.29. The van der Waals surface area contributed by atoms with Crippen molar-refractivity contribution in [3.8, 4) is 0 Å². The Kier molecular flexibility index (Phi) is 7.50. The molecule has 7 nitrogen and oxygen atoms in total. The van der Waals surface area contributed by atoms with Gasteiger partial charge in [0.1, 0.15) is 17.2 Å². The number of carbonyl (C=O) groups is 1. The van der Waals surface area contributed by atoms with E-state index < -0.39 is 45.4 Å². The first kappa shape index (κ1) is 27.0. The number of amides is 1. The molecule has 2 aromatic carbocycles. The third kappa shape index (κ3) is 5.18. The van der Waals surface area contributed by atoms with E-state index in [1.165, 1.54) is 28.6 Å². The molecular formula is C28H34F2N2O5S. The van der Waals surface area contributed by atoms with Crippen LogP contribution in [0.2, 0.25) is 0 Å². The molecule has 0 aromatic heterocycles. The molecule has 2 saturated heterocycles. The van der Waals surface area contributed by atoms with Gasteiger partial charge >= 0.3 is 6.09 Å². The summed E-state index contributed by atoms with van der Waals surface area (Å²) < 4.78 is 64.5. The first-order chi connectivity index (χ1) is 18.1. The predicted molar refractivity (Wildman–Crippen MR) is 137 cm³/mol. The lowest BCUT2D eigenvalue weighted by molar-refractivity contribution is -0.0133. The van der Waals surface area contributed by atoms with Gasteiger partial charge in [0.2, 0.25) is 10.0 Å². The first-order valence-corrected chi connectivity index (χ1v) is 14.7. The second-order valence-electron chi connectivity index (χ2n) is 10.8. The molecule has 3 aliphatic rings. The van der Waals surface area contributed by atoms with E-state index in [2.05, 4.69) is 0 Å². The zero-order valence-corrected chi connectivity index (χ0v) is 22.3. The summed E-state index contributed by atoms with van der Waals surface area (Å²) >= 11 is 0. The standard InChI is InChI=1S/C28H34F2N2O5S/c1-19-8-9-23(17-24(19)30)38(35,36)32-25(21-4-2-5-22(29)16-21)6-3-7-26(32)28(12-13-28)37-27(34)31-14-10-20(18-33)11-15-31/h2,4-5,8-9,16-17,20,25-26,33H,3,6-7,10-15,18H2,1H3/t25-,26+/m0/s1. The van der Waals surface area contributed by atoms with E-state index in [1.54, 1.807) is 24.0 Å². The fourth-order valence-electron chi connectivity index (χ4n) is 5.85. The van der Waals surface area contributed by atoms with Crippen LogP contribution in [0.1, 0.15) is 62.1 Å². The number of nitrogens with zero attached hydrogens (tertiary/aromatic N) is 2. The first-order valence-electron chi connectivity index (χ1n) is 13.3. The molecule has 2 heterocycles. The smallest absolute Gasteiger partial charge is 0.410 e. The maximum atomic E-state index is 14.5. The second kappa shape index (κ2) is 10.5. The Morgan fingerprint density at radius 2 is 1.82 bits per heavy atom. The lowest BCUT2D eigenvalue weighted by Crippen LogP contribution is -2.54. The van der Waals surface area contributed by atoms with Gasteiger partial charge in [-0.05, 0) is 93.2 Å². The summed E-state index contributed by atoms with van der Waals surface area (Å²) in [7, 11) is -4.24. The number of hydrogen-bond donors (Lipinski definition) is 1. The fraction of sp³-hybridized carbons (Fsp3) is 0.536. The highest BCUT2D eigenvalue weighted by Crippen LogP contribution is 2.52. The molecule has 2 atom stereocenters. The number of benzene rings is 2.